The quantitative estimate of drug-likeness (QED) is 0.636. The van der Waals surface area contributed by atoms with Gasteiger partial charge in [0.1, 0.15) is 11.6 Å². The minimum absolute atomic E-state index is 0.113. The molecule has 0 saturated heterocycles. The number of hydrogen-bond donors (Lipinski definition) is 1. The molecule has 1 aliphatic carbocycles. The van der Waals surface area contributed by atoms with E-state index in [9.17, 15) is 14.4 Å². The number of aromatic nitrogens is 1. The van der Waals surface area contributed by atoms with Crippen molar-refractivity contribution in [2.75, 3.05) is 7.11 Å². The van der Waals surface area contributed by atoms with Crippen molar-refractivity contribution in [2.24, 2.45) is 0 Å². The molecule has 0 radical (unpaired) electrons. The predicted molar refractivity (Wildman–Crippen MR) is 125 cm³/mol. The lowest BCUT2D eigenvalue weighted by molar-refractivity contribution is -0.142. The number of ether oxygens (including phenoxy) is 1. The fraction of sp³-hybridized carbons (Fsp3) is 0.500. The molecule has 3 rings (SSSR count). The Balaban J connectivity index is 1.93. The Labute approximate surface area is 190 Å². The van der Waals surface area contributed by atoms with Gasteiger partial charge in [-0.25, -0.2) is 4.79 Å². The van der Waals surface area contributed by atoms with Crippen LogP contribution in [0.4, 0.5) is 0 Å². The van der Waals surface area contributed by atoms with Gasteiger partial charge >= 0.3 is 5.97 Å². The zero-order valence-corrected chi connectivity index (χ0v) is 19.2. The van der Waals surface area contributed by atoms with Crippen LogP contribution in [0.2, 0.25) is 0 Å². The topological polar surface area (TPSA) is 77.4 Å². The molecule has 1 atom stereocenters. The molecular formula is C26H34N2O4. The Kier molecular flexibility index (Phi) is 8.65. The number of nitrogens with zero attached hydrogens (tertiary/aromatic N) is 1. The Bertz CT molecular complexity index is 981. The van der Waals surface area contributed by atoms with Gasteiger partial charge in [-0.2, -0.15) is 0 Å². The number of rotatable bonds is 8. The highest BCUT2D eigenvalue weighted by Gasteiger charge is 2.26. The SMILES string of the molecule is CCCCn1c2c(cc(C(=O)NC(Cc3ccccc3)C(=O)OC)c1=O)CCCCCC2. The Morgan fingerprint density at radius 3 is 2.50 bits per heavy atom. The van der Waals surface area contributed by atoms with Gasteiger partial charge in [-0.15, -0.1) is 0 Å². The maximum Gasteiger partial charge on any atom is 0.328 e. The van der Waals surface area contributed by atoms with E-state index in [1.165, 1.54) is 13.5 Å². The summed E-state index contributed by atoms with van der Waals surface area (Å²) < 4.78 is 6.72. The summed E-state index contributed by atoms with van der Waals surface area (Å²) in [6, 6.07) is 10.3. The second-order valence-electron chi connectivity index (χ2n) is 8.49. The number of unbranched alkanes of at least 4 members (excludes halogenated alkanes) is 1. The first-order valence-electron chi connectivity index (χ1n) is 11.7. The summed E-state index contributed by atoms with van der Waals surface area (Å²) in [6.45, 7) is 2.71. The maximum absolute atomic E-state index is 13.4. The zero-order valence-electron chi connectivity index (χ0n) is 19.2. The van der Waals surface area contributed by atoms with Crippen LogP contribution in [0.25, 0.3) is 0 Å². The molecule has 32 heavy (non-hydrogen) atoms. The van der Waals surface area contributed by atoms with Crippen LogP contribution in [0.15, 0.2) is 41.2 Å². The van der Waals surface area contributed by atoms with Crippen molar-refractivity contribution in [3.05, 3.63) is 69.1 Å². The van der Waals surface area contributed by atoms with Gasteiger partial charge in [0, 0.05) is 18.7 Å². The van der Waals surface area contributed by atoms with Crippen molar-refractivity contribution in [1.82, 2.24) is 9.88 Å². The second kappa shape index (κ2) is 11.7. The van der Waals surface area contributed by atoms with Crippen LogP contribution >= 0.6 is 0 Å². The van der Waals surface area contributed by atoms with E-state index in [1.54, 1.807) is 6.07 Å². The lowest BCUT2D eigenvalue weighted by Gasteiger charge is -2.22. The largest absolute Gasteiger partial charge is 0.467 e. The maximum atomic E-state index is 13.4. The number of aryl methyl sites for hydroxylation is 1. The van der Waals surface area contributed by atoms with Gasteiger partial charge in [-0.3, -0.25) is 9.59 Å². The van der Waals surface area contributed by atoms with Crippen molar-refractivity contribution >= 4 is 11.9 Å². The smallest absolute Gasteiger partial charge is 0.328 e. The second-order valence-corrected chi connectivity index (χ2v) is 8.49. The molecule has 1 unspecified atom stereocenters. The zero-order chi connectivity index (χ0) is 22.9. The van der Waals surface area contributed by atoms with E-state index in [2.05, 4.69) is 12.2 Å². The van der Waals surface area contributed by atoms with Gasteiger partial charge in [-0.1, -0.05) is 56.5 Å². The van der Waals surface area contributed by atoms with E-state index in [-0.39, 0.29) is 11.1 Å². The van der Waals surface area contributed by atoms with Crippen LogP contribution in [0, 0.1) is 0 Å². The van der Waals surface area contributed by atoms with Crippen molar-refractivity contribution in [1.29, 1.82) is 0 Å². The van der Waals surface area contributed by atoms with Crippen molar-refractivity contribution < 1.29 is 14.3 Å². The molecule has 6 heteroatoms. The number of carbonyl (C=O) groups is 2. The van der Waals surface area contributed by atoms with Gasteiger partial charge in [0.15, 0.2) is 0 Å². The molecule has 0 spiro atoms. The van der Waals surface area contributed by atoms with E-state index in [4.69, 9.17) is 4.74 Å². The minimum atomic E-state index is -0.861. The standard InChI is InChI=1S/C26H34N2O4/c1-3-4-16-28-23-15-11-6-5-10-14-20(23)18-21(25(28)30)24(29)27-22(26(31)32-2)17-19-12-8-7-9-13-19/h7-9,12-13,18,22H,3-6,10-11,14-17H2,1-2H3,(H,27,29). The normalized spacial score (nSPS) is 14.6. The van der Waals surface area contributed by atoms with Crippen LogP contribution in [-0.4, -0.2) is 29.6 Å². The molecule has 1 aliphatic rings. The lowest BCUT2D eigenvalue weighted by atomic mass is 9.95. The summed E-state index contributed by atoms with van der Waals surface area (Å²) >= 11 is 0. The fourth-order valence-corrected chi connectivity index (χ4v) is 4.37. The van der Waals surface area contributed by atoms with Crippen LogP contribution in [0.5, 0.6) is 0 Å². The fourth-order valence-electron chi connectivity index (χ4n) is 4.37. The highest BCUT2D eigenvalue weighted by Crippen LogP contribution is 2.21. The molecule has 1 aromatic heterocycles. The van der Waals surface area contributed by atoms with Crippen molar-refractivity contribution in [2.45, 2.75) is 77.3 Å². The average molecular weight is 439 g/mol. The summed E-state index contributed by atoms with van der Waals surface area (Å²) in [5, 5.41) is 2.76. The van der Waals surface area contributed by atoms with Gasteiger partial charge < -0.3 is 14.6 Å². The van der Waals surface area contributed by atoms with Gasteiger partial charge in [0.05, 0.1) is 7.11 Å². The first-order valence-corrected chi connectivity index (χ1v) is 11.7. The Morgan fingerprint density at radius 1 is 1.09 bits per heavy atom. The van der Waals surface area contributed by atoms with E-state index in [0.717, 1.165) is 61.8 Å². The van der Waals surface area contributed by atoms with Crippen LogP contribution < -0.4 is 10.9 Å². The first-order chi connectivity index (χ1) is 15.5. The molecule has 0 bridgehead atoms. The van der Waals surface area contributed by atoms with E-state index in [0.29, 0.717) is 13.0 Å². The molecule has 1 amide bonds. The molecule has 0 saturated carbocycles. The highest BCUT2D eigenvalue weighted by atomic mass is 16.5. The number of amides is 1. The predicted octanol–water partition coefficient (Wildman–Crippen LogP) is 3.82. The molecule has 0 fully saturated rings. The monoisotopic (exact) mass is 438 g/mol. The van der Waals surface area contributed by atoms with Crippen LogP contribution in [0.3, 0.4) is 0 Å². The molecular weight excluding hydrogens is 404 g/mol. The summed E-state index contributed by atoms with van der Waals surface area (Å²) in [7, 11) is 1.30. The molecule has 1 N–H and O–H groups in total. The number of nitrogens with one attached hydrogen (secondary N) is 1. The number of hydrogen-bond acceptors (Lipinski definition) is 4. The van der Waals surface area contributed by atoms with Crippen LogP contribution in [0.1, 0.15) is 72.6 Å². The molecule has 6 nitrogen and oxygen atoms in total. The third-order valence-corrected chi connectivity index (χ3v) is 6.15. The molecule has 2 aromatic rings. The summed E-state index contributed by atoms with van der Waals surface area (Å²) in [5.74, 6) is -1.05. The Hall–Kier alpha value is -2.89. The minimum Gasteiger partial charge on any atom is -0.467 e. The molecule has 172 valence electrons. The molecule has 0 aliphatic heterocycles. The number of methoxy groups -OCH3 is 1. The van der Waals surface area contributed by atoms with Gasteiger partial charge in [-0.05, 0) is 49.3 Å². The third kappa shape index (κ3) is 5.87. The van der Waals surface area contributed by atoms with Crippen molar-refractivity contribution in [3.63, 3.8) is 0 Å². The summed E-state index contributed by atoms with van der Waals surface area (Å²) in [5.41, 5.74) is 2.92. The number of esters is 1. The summed E-state index contributed by atoms with van der Waals surface area (Å²) in [6.07, 6.45) is 8.34. The van der Waals surface area contributed by atoms with E-state index in [1.807, 2.05) is 34.9 Å². The number of pyridine rings is 1. The number of fused-ring (bicyclic) bond motifs is 1. The molecule has 1 heterocycles. The molecule has 1 aromatic carbocycles. The first kappa shape index (κ1) is 23.8. The lowest BCUT2D eigenvalue weighted by Crippen LogP contribution is -2.45. The summed E-state index contributed by atoms with van der Waals surface area (Å²) in [4.78, 5) is 38.9. The number of benzene rings is 1. The third-order valence-electron chi connectivity index (χ3n) is 6.15. The van der Waals surface area contributed by atoms with E-state index >= 15 is 0 Å². The van der Waals surface area contributed by atoms with Gasteiger partial charge in [0.25, 0.3) is 11.5 Å². The average Bonchev–Trinajstić information content (AvgIpc) is 2.79. The number of carbonyl (C=O) groups excluding carboxylic acids is 2. The van der Waals surface area contributed by atoms with Crippen molar-refractivity contribution in [3.8, 4) is 0 Å². The Morgan fingerprint density at radius 2 is 1.81 bits per heavy atom. The van der Waals surface area contributed by atoms with Gasteiger partial charge in [0.2, 0.25) is 0 Å². The highest BCUT2D eigenvalue weighted by molar-refractivity contribution is 5.96. The van der Waals surface area contributed by atoms with Crippen LogP contribution in [-0.2, 0) is 35.3 Å². The van der Waals surface area contributed by atoms with E-state index < -0.39 is 17.9 Å².